The lowest BCUT2D eigenvalue weighted by molar-refractivity contribution is -0.247. The van der Waals surface area contributed by atoms with E-state index in [9.17, 15) is 56.4 Å². The summed E-state index contributed by atoms with van der Waals surface area (Å²) in [4.78, 5) is 10.4. The summed E-state index contributed by atoms with van der Waals surface area (Å²) >= 11 is 0. The molecule has 10 nitrogen and oxygen atoms in total. The Hall–Kier alpha value is -2.38. The van der Waals surface area contributed by atoms with Crippen molar-refractivity contribution in [1.82, 2.24) is 0 Å². The first-order chi connectivity index (χ1) is 14.0. The third-order valence-corrected chi connectivity index (χ3v) is 6.64. The van der Waals surface area contributed by atoms with Gasteiger partial charge >= 0.3 is 52.8 Å². The minimum absolute atomic E-state index is 0.272. The molecule has 182 valence electrons. The standard InChI is InChI=1S/C13H10F6O10S3/c1-7(2)10(20)29-30(21,22)9-5-3-8(4-6-9)28-32(26,27)13(18,19)11(14,15)12(16,17)31(23,24)25/h3-6H,1H2,2H3,(H,23,24,25). The predicted octanol–water partition coefficient (Wildman–Crippen LogP) is 1.91. The number of hydrogen-bond donors (Lipinski definition) is 1. The van der Waals surface area contributed by atoms with Crippen LogP contribution in [0.2, 0.25) is 0 Å². The molecule has 32 heavy (non-hydrogen) atoms. The minimum Gasteiger partial charge on any atom is -0.378 e. The van der Waals surface area contributed by atoms with E-state index >= 15 is 0 Å². The number of rotatable bonds is 9. The van der Waals surface area contributed by atoms with E-state index in [1.165, 1.54) is 0 Å². The van der Waals surface area contributed by atoms with Crippen LogP contribution in [-0.4, -0.2) is 52.2 Å². The first-order valence-electron chi connectivity index (χ1n) is 7.30. The summed E-state index contributed by atoms with van der Waals surface area (Å²) in [6.07, 6.45) is 0. The lowest BCUT2D eigenvalue weighted by atomic mass is 10.3. The van der Waals surface area contributed by atoms with Crippen molar-refractivity contribution in [2.45, 2.75) is 28.3 Å². The molecule has 1 aromatic rings. The summed E-state index contributed by atoms with van der Waals surface area (Å²) in [6, 6.07) is 1.34. The largest absolute Gasteiger partial charge is 0.450 e. The van der Waals surface area contributed by atoms with Crippen LogP contribution in [0.4, 0.5) is 26.3 Å². The normalized spacial score (nSPS) is 14.0. The smallest absolute Gasteiger partial charge is 0.378 e. The number of hydrogen-bond acceptors (Lipinski definition) is 9. The van der Waals surface area contributed by atoms with E-state index in [0.29, 0.717) is 12.1 Å². The maximum absolute atomic E-state index is 13.7. The Morgan fingerprint density at radius 1 is 0.906 bits per heavy atom. The molecule has 0 unspecified atom stereocenters. The highest BCUT2D eigenvalue weighted by molar-refractivity contribution is 7.89. The van der Waals surface area contributed by atoms with Gasteiger partial charge < -0.3 is 8.37 Å². The van der Waals surface area contributed by atoms with Gasteiger partial charge in [0.1, 0.15) is 10.6 Å². The van der Waals surface area contributed by atoms with Gasteiger partial charge in [-0.25, -0.2) is 4.79 Å². The van der Waals surface area contributed by atoms with Crippen molar-refractivity contribution < 1.29 is 69.3 Å². The van der Waals surface area contributed by atoms with Gasteiger partial charge in [-0.15, -0.1) is 0 Å². The number of halogens is 6. The van der Waals surface area contributed by atoms with Gasteiger partial charge in [-0.2, -0.15) is 51.6 Å². The lowest BCUT2D eigenvalue weighted by Crippen LogP contribution is -2.61. The maximum atomic E-state index is 13.7. The van der Waals surface area contributed by atoms with Crippen LogP contribution in [0.15, 0.2) is 41.3 Å². The zero-order valence-electron chi connectivity index (χ0n) is 15.1. The first kappa shape index (κ1) is 27.7. The fourth-order valence-electron chi connectivity index (χ4n) is 1.55. The molecule has 0 aliphatic carbocycles. The van der Waals surface area contributed by atoms with E-state index < -0.39 is 63.4 Å². The molecule has 0 spiro atoms. The second kappa shape index (κ2) is 8.19. The SMILES string of the molecule is C=C(C)C(=O)OS(=O)(=O)c1ccc(OS(=O)(=O)C(F)(F)C(F)(F)C(F)(F)S(=O)(=O)O)cc1. The Kier molecular flexibility index (Phi) is 7.08. The van der Waals surface area contributed by atoms with Gasteiger partial charge in [-0.1, -0.05) is 6.58 Å². The number of alkyl halides is 6. The molecule has 1 N–H and O–H groups in total. The molecular formula is C13H10F6O10S3. The van der Waals surface area contributed by atoms with Crippen LogP contribution in [0.5, 0.6) is 5.75 Å². The molecule has 0 radical (unpaired) electrons. The molecule has 19 heteroatoms. The Morgan fingerprint density at radius 3 is 1.72 bits per heavy atom. The Balaban J connectivity index is 3.30. The molecule has 1 aromatic carbocycles. The van der Waals surface area contributed by atoms with Gasteiger partial charge in [0.05, 0.1) is 0 Å². The molecule has 0 aliphatic heterocycles. The van der Waals surface area contributed by atoms with E-state index in [4.69, 9.17) is 4.55 Å². The van der Waals surface area contributed by atoms with Gasteiger partial charge in [-0.05, 0) is 31.2 Å². The van der Waals surface area contributed by atoms with Crippen molar-refractivity contribution in [2.24, 2.45) is 0 Å². The molecule has 0 amide bonds. The molecule has 0 bridgehead atoms. The summed E-state index contributed by atoms with van der Waals surface area (Å²) < 4.78 is 164. The first-order valence-corrected chi connectivity index (χ1v) is 11.6. The van der Waals surface area contributed by atoms with Crippen molar-refractivity contribution in [2.75, 3.05) is 0 Å². The summed E-state index contributed by atoms with van der Waals surface area (Å²) in [5.74, 6) is -9.93. The predicted molar refractivity (Wildman–Crippen MR) is 90.5 cm³/mol. The quantitative estimate of drug-likeness (QED) is 0.214. The summed E-state index contributed by atoms with van der Waals surface area (Å²) in [7, 11) is -19.1. The van der Waals surface area contributed by atoms with Crippen LogP contribution in [0.25, 0.3) is 0 Å². The Labute approximate surface area is 176 Å². The van der Waals surface area contributed by atoms with Gasteiger partial charge in [0.25, 0.3) is 0 Å². The van der Waals surface area contributed by atoms with Crippen LogP contribution >= 0.6 is 0 Å². The van der Waals surface area contributed by atoms with Crippen LogP contribution < -0.4 is 4.18 Å². The number of benzene rings is 1. The highest BCUT2D eigenvalue weighted by atomic mass is 32.2. The van der Waals surface area contributed by atoms with Crippen LogP contribution in [0.3, 0.4) is 0 Å². The molecule has 0 saturated heterocycles. The average Bonchev–Trinajstić information content (AvgIpc) is 2.59. The monoisotopic (exact) mass is 536 g/mol. The van der Waals surface area contributed by atoms with E-state index in [0.717, 1.165) is 6.92 Å². The average molecular weight is 536 g/mol. The van der Waals surface area contributed by atoms with Crippen molar-refractivity contribution in [3.8, 4) is 5.75 Å². The third-order valence-electron chi connectivity index (χ3n) is 3.22. The van der Waals surface area contributed by atoms with Crippen LogP contribution in [-0.2, 0) is 39.3 Å². The van der Waals surface area contributed by atoms with Crippen molar-refractivity contribution >= 4 is 36.3 Å². The van der Waals surface area contributed by atoms with Crippen molar-refractivity contribution in [3.05, 3.63) is 36.4 Å². The van der Waals surface area contributed by atoms with Crippen molar-refractivity contribution in [1.29, 1.82) is 0 Å². The molecule has 0 saturated carbocycles. The molecule has 0 aromatic heterocycles. The summed E-state index contributed by atoms with van der Waals surface area (Å²) in [5.41, 5.74) is -0.343. The highest BCUT2D eigenvalue weighted by Crippen LogP contribution is 2.50. The van der Waals surface area contributed by atoms with E-state index in [2.05, 4.69) is 14.9 Å². The van der Waals surface area contributed by atoms with E-state index in [-0.39, 0.29) is 17.7 Å². The van der Waals surface area contributed by atoms with Crippen LogP contribution in [0.1, 0.15) is 6.92 Å². The summed E-state index contributed by atoms with van der Waals surface area (Å²) in [6.45, 7) is 4.18. The topological polar surface area (TPSA) is 158 Å². The van der Waals surface area contributed by atoms with Crippen LogP contribution in [0, 0.1) is 0 Å². The zero-order valence-corrected chi connectivity index (χ0v) is 17.6. The van der Waals surface area contributed by atoms with E-state index in [1.807, 2.05) is 0 Å². The van der Waals surface area contributed by atoms with Gasteiger partial charge in [-0.3, -0.25) is 4.55 Å². The molecule has 0 atom stereocenters. The van der Waals surface area contributed by atoms with Crippen molar-refractivity contribution in [3.63, 3.8) is 0 Å². The Bertz CT molecular complexity index is 1240. The molecular weight excluding hydrogens is 526 g/mol. The molecule has 0 heterocycles. The summed E-state index contributed by atoms with van der Waals surface area (Å²) in [5, 5.41) is -13.9. The minimum atomic E-state index is -7.22. The number of carbonyl (C=O) groups excluding carboxylic acids is 1. The highest BCUT2D eigenvalue weighted by Gasteiger charge is 2.83. The lowest BCUT2D eigenvalue weighted by Gasteiger charge is -2.29. The molecule has 0 aliphatic rings. The second-order valence-electron chi connectivity index (χ2n) is 5.70. The van der Waals surface area contributed by atoms with E-state index in [1.54, 1.807) is 0 Å². The third kappa shape index (κ3) is 4.84. The van der Waals surface area contributed by atoms with Gasteiger partial charge in [0, 0.05) is 5.57 Å². The zero-order chi connectivity index (χ0) is 25.6. The van der Waals surface area contributed by atoms with Gasteiger partial charge in [0.2, 0.25) is 0 Å². The Morgan fingerprint density at radius 2 is 1.34 bits per heavy atom. The number of carbonyl (C=O) groups is 1. The molecule has 0 fully saturated rings. The molecule has 1 rings (SSSR count). The maximum Gasteiger partial charge on any atom is 0.450 e. The van der Waals surface area contributed by atoms with Gasteiger partial charge in [0.15, 0.2) is 0 Å². The second-order valence-corrected chi connectivity index (χ2v) is 10.3. The fourth-order valence-corrected chi connectivity index (χ4v) is 3.88. The fraction of sp³-hybridized carbons (Fsp3) is 0.308.